The molecule has 180 valence electrons. The van der Waals surface area contributed by atoms with Crippen LogP contribution in [0.15, 0.2) is 18.2 Å². The summed E-state index contributed by atoms with van der Waals surface area (Å²) in [4.78, 5) is 32.2. The fraction of sp³-hybridized carbons (Fsp3) is 0.591. The Balaban J connectivity index is 1.44. The molecule has 1 atom stereocenters. The number of anilines is 1. The maximum Gasteiger partial charge on any atom is 0.573 e. The lowest BCUT2D eigenvalue weighted by atomic mass is 9.78. The summed E-state index contributed by atoms with van der Waals surface area (Å²) in [6, 6.07) is 3.69. The summed E-state index contributed by atoms with van der Waals surface area (Å²) < 4.78 is 41.8. The highest BCUT2D eigenvalue weighted by molar-refractivity contribution is 7.22. The van der Waals surface area contributed by atoms with Crippen LogP contribution in [-0.4, -0.2) is 53.2 Å². The summed E-state index contributed by atoms with van der Waals surface area (Å²) in [6.45, 7) is 0.888. The van der Waals surface area contributed by atoms with E-state index in [1.165, 1.54) is 18.2 Å². The number of thiazole rings is 1. The van der Waals surface area contributed by atoms with E-state index >= 15 is 0 Å². The Hall–Kier alpha value is -2.40. The van der Waals surface area contributed by atoms with E-state index in [2.05, 4.69) is 20.4 Å². The van der Waals surface area contributed by atoms with Crippen LogP contribution in [0.1, 0.15) is 51.4 Å². The number of ether oxygens (including phenoxy) is 1. The van der Waals surface area contributed by atoms with Gasteiger partial charge in [0.2, 0.25) is 11.8 Å². The average molecular weight is 485 g/mol. The van der Waals surface area contributed by atoms with Gasteiger partial charge in [0.15, 0.2) is 5.13 Å². The van der Waals surface area contributed by atoms with Crippen molar-refractivity contribution in [3.05, 3.63) is 18.2 Å². The van der Waals surface area contributed by atoms with Gasteiger partial charge in [-0.3, -0.25) is 14.5 Å². The predicted octanol–water partition coefficient (Wildman–Crippen LogP) is 4.44. The summed E-state index contributed by atoms with van der Waals surface area (Å²) in [6.07, 6.45) is 1.58. The number of amides is 2. The zero-order valence-corrected chi connectivity index (χ0v) is 19.2. The van der Waals surface area contributed by atoms with Crippen LogP contribution < -0.4 is 15.4 Å². The number of fused-ring (bicyclic) bond motifs is 1. The van der Waals surface area contributed by atoms with Crippen LogP contribution in [0.25, 0.3) is 10.2 Å². The van der Waals surface area contributed by atoms with Crippen molar-refractivity contribution in [1.82, 2.24) is 15.2 Å². The Morgan fingerprint density at radius 2 is 2.00 bits per heavy atom. The van der Waals surface area contributed by atoms with E-state index in [9.17, 15) is 22.8 Å². The molecule has 33 heavy (non-hydrogen) atoms. The number of benzene rings is 1. The maximum absolute atomic E-state index is 12.9. The van der Waals surface area contributed by atoms with Gasteiger partial charge in [0.05, 0.1) is 22.7 Å². The van der Waals surface area contributed by atoms with Gasteiger partial charge in [-0.15, -0.1) is 13.2 Å². The first kappa shape index (κ1) is 23.7. The third-order valence-corrected chi connectivity index (χ3v) is 7.29. The minimum atomic E-state index is -4.78. The number of nitrogens with one attached hydrogen (secondary N) is 2. The molecule has 0 radical (unpaired) electrons. The molecule has 1 aromatic carbocycles. The Bertz CT molecular complexity index is 1020. The highest BCUT2D eigenvalue weighted by atomic mass is 32.1. The average Bonchev–Trinajstić information content (AvgIpc) is 3.32. The third kappa shape index (κ3) is 5.94. The van der Waals surface area contributed by atoms with E-state index in [-0.39, 0.29) is 30.0 Å². The van der Waals surface area contributed by atoms with Crippen molar-refractivity contribution in [2.24, 2.45) is 0 Å². The fourth-order valence-corrected chi connectivity index (χ4v) is 5.70. The van der Waals surface area contributed by atoms with Gasteiger partial charge in [0.25, 0.3) is 0 Å². The van der Waals surface area contributed by atoms with Gasteiger partial charge in [-0.25, -0.2) is 4.98 Å². The molecule has 2 aliphatic rings. The van der Waals surface area contributed by atoms with Crippen LogP contribution in [0.2, 0.25) is 0 Å². The van der Waals surface area contributed by atoms with E-state index in [0.717, 1.165) is 62.8 Å². The number of hydrogen-bond donors (Lipinski definition) is 2. The predicted molar refractivity (Wildman–Crippen MR) is 119 cm³/mol. The number of likely N-dealkylation sites (tertiary alicyclic amines) is 1. The summed E-state index contributed by atoms with van der Waals surface area (Å²) in [5, 5.41) is 6.26. The molecule has 2 fully saturated rings. The Morgan fingerprint density at radius 1 is 1.24 bits per heavy atom. The number of nitrogens with zero attached hydrogens (tertiary/aromatic N) is 2. The van der Waals surface area contributed by atoms with E-state index in [4.69, 9.17) is 0 Å². The van der Waals surface area contributed by atoms with Crippen molar-refractivity contribution in [2.45, 2.75) is 69.3 Å². The van der Waals surface area contributed by atoms with E-state index < -0.39 is 11.9 Å². The van der Waals surface area contributed by atoms with Crippen molar-refractivity contribution in [1.29, 1.82) is 0 Å². The quantitative estimate of drug-likeness (QED) is 0.634. The molecule has 1 aliphatic heterocycles. The molecule has 1 saturated carbocycles. The summed E-state index contributed by atoms with van der Waals surface area (Å²) in [5.74, 6) is -0.637. The first-order valence-corrected chi connectivity index (χ1v) is 11.9. The van der Waals surface area contributed by atoms with Crippen molar-refractivity contribution >= 4 is 38.5 Å². The number of rotatable bonds is 6. The van der Waals surface area contributed by atoms with E-state index in [1.807, 2.05) is 11.9 Å². The van der Waals surface area contributed by atoms with E-state index in [1.54, 1.807) is 0 Å². The second-order valence-corrected chi connectivity index (χ2v) is 9.92. The molecule has 2 N–H and O–H groups in total. The fourth-order valence-electron chi connectivity index (χ4n) is 4.79. The first-order chi connectivity index (χ1) is 15.6. The number of likely N-dealkylation sites (N-methyl/N-ethyl adjacent to an activating group) is 1. The normalized spacial score (nSPS) is 21.2. The summed E-state index contributed by atoms with van der Waals surface area (Å²) in [5.41, 5.74) is -0.123. The van der Waals surface area contributed by atoms with Crippen molar-refractivity contribution in [3.63, 3.8) is 0 Å². The molecule has 1 unspecified atom stereocenters. The molecular weight excluding hydrogens is 457 g/mol. The summed E-state index contributed by atoms with van der Waals surface area (Å²) in [7, 11) is 1.94. The molecule has 4 rings (SSSR count). The van der Waals surface area contributed by atoms with Crippen LogP contribution in [0, 0.1) is 0 Å². The maximum atomic E-state index is 12.9. The van der Waals surface area contributed by atoms with Crippen LogP contribution >= 0.6 is 11.3 Å². The number of aromatic nitrogens is 1. The topological polar surface area (TPSA) is 83.6 Å². The molecular formula is C22H27F3N4O3S. The van der Waals surface area contributed by atoms with Gasteiger partial charge in [-0.2, -0.15) is 0 Å². The standard InChI is InChI=1S/C22H27F3N4O3S/c1-29-11-5-6-16(29)19(31)28-21(9-3-2-4-10-21)13-18(30)27-20-26-15-8-7-14(12-17(15)33-20)32-22(23,24)25/h7-8,12,16H,2-6,9-11,13H2,1H3,(H,28,31)(H,26,27,30). The number of hydrogen-bond acceptors (Lipinski definition) is 6. The molecule has 7 nitrogen and oxygen atoms in total. The Morgan fingerprint density at radius 3 is 2.67 bits per heavy atom. The molecule has 2 amide bonds. The van der Waals surface area contributed by atoms with Crippen molar-refractivity contribution in [3.8, 4) is 5.75 Å². The SMILES string of the molecule is CN1CCCC1C(=O)NC1(CC(=O)Nc2nc3ccc(OC(F)(F)F)cc3s2)CCCCC1. The van der Waals surface area contributed by atoms with Crippen LogP contribution in [0.3, 0.4) is 0 Å². The van der Waals surface area contributed by atoms with Gasteiger partial charge in [0.1, 0.15) is 5.75 Å². The number of carbonyl (C=O) groups is 2. The zero-order chi connectivity index (χ0) is 23.6. The highest BCUT2D eigenvalue weighted by Crippen LogP contribution is 2.34. The zero-order valence-electron chi connectivity index (χ0n) is 18.3. The molecule has 2 aromatic rings. The smallest absolute Gasteiger partial charge is 0.406 e. The van der Waals surface area contributed by atoms with Crippen LogP contribution in [0.4, 0.5) is 18.3 Å². The molecule has 1 aliphatic carbocycles. The second-order valence-electron chi connectivity index (χ2n) is 8.89. The number of alkyl halides is 3. The number of halogens is 3. The van der Waals surface area contributed by atoms with Crippen molar-refractivity contribution < 1.29 is 27.5 Å². The first-order valence-electron chi connectivity index (χ1n) is 11.1. The number of carbonyl (C=O) groups excluding carboxylic acids is 2. The third-order valence-electron chi connectivity index (χ3n) is 6.36. The van der Waals surface area contributed by atoms with Gasteiger partial charge in [-0.1, -0.05) is 30.6 Å². The molecule has 11 heteroatoms. The monoisotopic (exact) mass is 484 g/mol. The molecule has 1 saturated heterocycles. The van der Waals surface area contributed by atoms with Gasteiger partial charge in [0, 0.05) is 11.6 Å². The summed E-state index contributed by atoms with van der Waals surface area (Å²) >= 11 is 1.08. The largest absolute Gasteiger partial charge is 0.573 e. The molecule has 0 spiro atoms. The minimum Gasteiger partial charge on any atom is -0.406 e. The van der Waals surface area contributed by atoms with Gasteiger partial charge in [-0.05, 0) is 51.4 Å². The lowest BCUT2D eigenvalue weighted by molar-refractivity contribution is -0.274. The Kier molecular flexibility index (Phi) is 6.81. The molecule has 2 heterocycles. The van der Waals surface area contributed by atoms with Gasteiger partial charge >= 0.3 is 6.36 Å². The van der Waals surface area contributed by atoms with Crippen LogP contribution in [-0.2, 0) is 9.59 Å². The van der Waals surface area contributed by atoms with E-state index in [0.29, 0.717) is 15.3 Å². The lowest BCUT2D eigenvalue weighted by Gasteiger charge is -2.39. The minimum absolute atomic E-state index is 0.0260. The lowest BCUT2D eigenvalue weighted by Crippen LogP contribution is -2.55. The van der Waals surface area contributed by atoms with Crippen LogP contribution in [0.5, 0.6) is 5.75 Å². The second kappa shape index (κ2) is 9.46. The highest BCUT2D eigenvalue weighted by Gasteiger charge is 2.39. The molecule has 0 bridgehead atoms. The van der Waals surface area contributed by atoms with Crippen molar-refractivity contribution in [2.75, 3.05) is 18.9 Å². The Labute approximate surface area is 193 Å². The van der Waals surface area contributed by atoms with Gasteiger partial charge < -0.3 is 15.4 Å². The molecule has 1 aromatic heterocycles.